The van der Waals surface area contributed by atoms with E-state index in [0.717, 1.165) is 27.1 Å². The molecule has 4 rings (SSSR count). The first kappa shape index (κ1) is 19.3. The van der Waals surface area contributed by atoms with Crippen LogP contribution in [0.1, 0.15) is 10.4 Å². The maximum atomic E-state index is 12.2. The highest BCUT2D eigenvalue weighted by Gasteiger charge is 2.14. The SMILES string of the molecule is Cn1c2ccc(Br)cc2c2nnc(SCC(=O)Nc3cccc(C(=O)O)c3)nc21. The van der Waals surface area contributed by atoms with E-state index in [0.29, 0.717) is 22.0 Å². The van der Waals surface area contributed by atoms with E-state index < -0.39 is 5.97 Å². The second-order valence-electron chi connectivity index (χ2n) is 6.21. The van der Waals surface area contributed by atoms with Gasteiger partial charge in [-0.3, -0.25) is 4.79 Å². The number of nitrogens with zero attached hydrogens (tertiary/aromatic N) is 4. The van der Waals surface area contributed by atoms with Crippen molar-refractivity contribution in [1.82, 2.24) is 19.7 Å². The Hall–Kier alpha value is -2.98. The van der Waals surface area contributed by atoms with E-state index in [1.807, 2.05) is 29.8 Å². The number of aromatic nitrogens is 4. The van der Waals surface area contributed by atoms with Crippen LogP contribution < -0.4 is 5.32 Å². The highest BCUT2D eigenvalue weighted by molar-refractivity contribution is 9.10. The number of rotatable bonds is 5. The lowest BCUT2D eigenvalue weighted by Crippen LogP contribution is -2.14. The fourth-order valence-electron chi connectivity index (χ4n) is 2.93. The number of halogens is 1. The number of carbonyl (C=O) groups is 2. The molecule has 0 saturated heterocycles. The number of aryl methyl sites for hydroxylation is 1. The second kappa shape index (κ2) is 7.80. The van der Waals surface area contributed by atoms with Gasteiger partial charge in [-0.1, -0.05) is 33.8 Å². The van der Waals surface area contributed by atoms with Gasteiger partial charge in [-0.05, 0) is 36.4 Å². The molecule has 29 heavy (non-hydrogen) atoms. The van der Waals surface area contributed by atoms with Gasteiger partial charge >= 0.3 is 5.97 Å². The predicted octanol–water partition coefficient (Wildman–Crippen LogP) is 3.71. The summed E-state index contributed by atoms with van der Waals surface area (Å²) in [5.41, 5.74) is 2.90. The van der Waals surface area contributed by atoms with Gasteiger partial charge in [0, 0.05) is 22.6 Å². The lowest BCUT2D eigenvalue weighted by Gasteiger charge is -2.05. The average molecular weight is 472 g/mol. The van der Waals surface area contributed by atoms with Crippen molar-refractivity contribution < 1.29 is 14.7 Å². The highest BCUT2D eigenvalue weighted by atomic mass is 79.9. The van der Waals surface area contributed by atoms with E-state index in [1.165, 1.54) is 12.1 Å². The zero-order valence-electron chi connectivity index (χ0n) is 15.1. The Bertz CT molecular complexity index is 1270. The van der Waals surface area contributed by atoms with Crippen molar-refractivity contribution in [3.63, 3.8) is 0 Å². The van der Waals surface area contributed by atoms with E-state index in [4.69, 9.17) is 5.11 Å². The van der Waals surface area contributed by atoms with Gasteiger partial charge in [0.1, 0.15) is 5.52 Å². The van der Waals surface area contributed by atoms with Crippen LogP contribution in [0.15, 0.2) is 52.1 Å². The lowest BCUT2D eigenvalue weighted by atomic mass is 10.2. The third kappa shape index (κ3) is 3.94. The molecule has 2 aromatic carbocycles. The summed E-state index contributed by atoms with van der Waals surface area (Å²) in [6, 6.07) is 12.0. The van der Waals surface area contributed by atoms with E-state index in [1.54, 1.807) is 12.1 Å². The van der Waals surface area contributed by atoms with E-state index in [9.17, 15) is 9.59 Å². The summed E-state index contributed by atoms with van der Waals surface area (Å²) < 4.78 is 2.88. The van der Waals surface area contributed by atoms with Gasteiger partial charge in [-0.25, -0.2) is 9.78 Å². The van der Waals surface area contributed by atoms with Gasteiger partial charge in [0.25, 0.3) is 0 Å². The molecule has 146 valence electrons. The summed E-state index contributed by atoms with van der Waals surface area (Å²) in [4.78, 5) is 27.8. The minimum atomic E-state index is -1.05. The third-order valence-corrected chi connectivity index (χ3v) is 5.60. The maximum Gasteiger partial charge on any atom is 0.335 e. The number of aromatic carboxylic acids is 1. The second-order valence-corrected chi connectivity index (χ2v) is 8.07. The molecule has 0 atom stereocenters. The number of hydrogen-bond donors (Lipinski definition) is 2. The predicted molar refractivity (Wildman–Crippen MR) is 114 cm³/mol. The van der Waals surface area contributed by atoms with Crippen LogP contribution in [0, 0.1) is 0 Å². The van der Waals surface area contributed by atoms with Crippen molar-refractivity contribution in [3.8, 4) is 0 Å². The molecule has 2 N–H and O–H groups in total. The molecule has 0 spiro atoms. The molecular weight excluding hydrogens is 458 g/mol. The van der Waals surface area contributed by atoms with Crippen molar-refractivity contribution in [1.29, 1.82) is 0 Å². The molecule has 4 aromatic rings. The van der Waals surface area contributed by atoms with Crippen LogP contribution in [0.4, 0.5) is 5.69 Å². The van der Waals surface area contributed by atoms with Crippen LogP contribution in [0.2, 0.25) is 0 Å². The molecule has 0 aliphatic carbocycles. The zero-order valence-corrected chi connectivity index (χ0v) is 17.5. The number of benzene rings is 2. The standard InChI is InChI=1S/C19H14BrN5O3S/c1-25-14-6-5-11(20)8-13(14)16-17(25)22-19(24-23-16)29-9-15(26)21-12-4-2-3-10(7-12)18(27)28/h2-8H,9H2,1H3,(H,21,26)(H,27,28). The average Bonchev–Trinajstić information content (AvgIpc) is 2.98. The first-order valence-electron chi connectivity index (χ1n) is 8.47. The van der Waals surface area contributed by atoms with Crippen LogP contribution in [0.25, 0.3) is 22.1 Å². The quantitative estimate of drug-likeness (QED) is 0.426. The number of carboxylic acid groups (broad SMARTS) is 1. The number of hydrogen-bond acceptors (Lipinski definition) is 6. The van der Waals surface area contributed by atoms with Crippen LogP contribution in [-0.4, -0.2) is 42.5 Å². The molecule has 0 aliphatic heterocycles. The smallest absolute Gasteiger partial charge is 0.335 e. The molecule has 2 heterocycles. The summed E-state index contributed by atoms with van der Waals surface area (Å²) >= 11 is 4.62. The number of anilines is 1. The lowest BCUT2D eigenvalue weighted by molar-refractivity contribution is -0.113. The summed E-state index contributed by atoms with van der Waals surface area (Å²) in [6.45, 7) is 0. The van der Waals surface area contributed by atoms with Gasteiger partial charge in [0.05, 0.1) is 16.8 Å². The molecule has 0 bridgehead atoms. The van der Waals surface area contributed by atoms with Crippen LogP contribution in [-0.2, 0) is 11.8 Å². The van der Waals surface area contributed by atoms with E-state index in [-0.39, 0.29) is 17.2 Å². The van der Waals surface area contributed by atoms with Crippen LogP contribution >= 0.6 is 27.7 Å². The molecule has 0 unspecified atom stereocenters. The van der Waals surface area contributed by atoms with Gasteiger partial charge in [-0.2, -0.15) is 0 Å². The number of carbonyl (C=O) groups excluding carboxylic acids is 1. The molecule has 0 aliphatic rings. The molecule has 1 amide bonds. The minimum absolute atomic E-state index is 0.0694. The van der Waals surface area contributed by atoms with Crippen molar-refractivity contribution in [2.75, 3.05) is 11.1 Å². The number of nitrogens with one attached hydrogen (secondary N) is 1. The summed E-state index contributed by atoms with van der Waals surface area (Å²) in [6.07, 6.45) is 0. The molecule has 8 nitrogen and oxygen atoms in total. The summed E-state index contributed by atoms with van der Waals surface area (Å²) in [7, 11) is 1.91. The fraction of sp³-hybridized carbons (Fsp3) is 0.105. The Morgan fingerprint density at radius 3 is 2.83 bits per heavy atom. The maximum absolute atomic E-state index is 12.2. The summed E-state index contributed by atoms with van der Waals surface area (Å²) in [5.74, 6) is -1.27. The first-order chi connectivity index (χ1) is 13.9. The fourth-order valence-corrected chi connectivity index (χ4v) is 3.88. The number of amides is 1. The Morgan fingerprint density at radius 1 is 1.21 bits per heavy atom. The van der Waals surface area contributed by atoms with Gasteiger partial charge in [0.2, 0.25) is 11.1 Å². The number of carboxylic acids is 1. The van der Waals surface area contributed by atoms with Gasteiger partial charge in [-0.15, -0.1) is 10.2 Å². The molecular formula is C19H14BrN5O3S. The van der Waals surface area contributed by atoms with Crippen LogP contribution in [0.5, 0.6) is 0 Å². The van der Waals surface area contributed by atoms with Crippen LogP contribution in [0.3, 0.4) is 0 Å². The molecule has 10 heteroatoms. The number of thioether (sulfide) groups is 1. The monoisotopic (exact) mass is 471 g/mol. The van der Waals surface area contributed by atoms with E-state index in [2.05, 4.69) is 36.4 Å². The Balaban J connectivity index is 1.50. The topological polar surface area (TPSA) is 110 Å². The number of fused-ring (bicyclic) bond motifs is 3. The zero-order chi connectivity index (χ0) is 20.5. The van der Waals surface area contributed by atoms with Gasteiger partial charge in [0.15, 0.2) is 5.65 Å². The summed E-state index contributed by atoms with van der Waals surface area (Å²) in [5, 5.41) is 21.5. The van der Waals surface area contributed by atoms with E-state index >= 15 is 0 Å². The molecule has 0 saturated carbocycles. The van der Waals surface area contributed by atoms with Gasteiger partial charge < -0.3 is 15.0 Å². The normalized spacial score (nSPS) is 11.1. The first-order valence-corrected chi connectivity index (χ1v) is 10.2. The van der Waals surface area contributed by atoms with Crippen molar-refractivity contribution in [2.24, 2.45) is 7.05 Å². The van der Waals surface area contributed by atoms with Crippen molar-refractivity contribution in [3.05, 3.63) is 52.5 Å². The third-order valence-electron chi connectivity index (χ3n) is 4.27. The van der Waals surface area contributed by atoms with Crippen molar-refractivity contribution >= 4 is 67.3 Å². The molecule has 2 aromatic heterocycles. The molecule has 0 radical (unpaired) electrons. The molecule has 0 fully saturated rings. The Labute approximate surface area is 177 Å². The Kier molecular flexibility index (Phi) is 5.20. The largest absolute Gasteiger partial charge is 0.478 e. The van der Waals surface area contributed by atoms with Crippen molar-refractivity contribution in [2.45, 2.75) is 5.16 Å². The highest BCUT2D eigenvalue weighted by Crippen LogP contribution is 2.28. The minimum Gasteiger partial charge on any atom is -0.478 e. The Morgan fingerprint density at radius 2 is 2.03 bits per heavy atom.